The average molecular weight is 522 g/mol. The number of anilines is 1. The van der Waals surface area contributed by atoms with E-state index in [1.54, 1.807) is 44.6 Å². The van der Waals surface area contributed by atoms with Crippen LogP contribution in [0.3, 0.4) is 0 Å². The molecule has 1 heterocycles. The van der Waals surface area contributed by atoms with Crippen molar-refractivity contribution >= 4 is 39.9 Å². The molecule has 0 radical (unpaired) electrons. The summed E-state index contributed by atoms with van der Waals surface area (Å²) in [5, 5.41) is 8.43. The molecule has 0 bridgehead atoms. The lowest BCUT2D eigenvalue weighted by Gasteiger charge is -2.19. The lowest BCUT2D eigenvalue weighted by Crippen LogP contribution is -2.31. The van der Waals surface area contributed by atoms with Crippen LogP contribution >= 0.6 is 22.9 Å². The first-order chi connectivity index (χ1) is 17.5. The van der Waals surface area contributed by atoms with Crippen LogP contribution in [0.1, 0.15) is 28.4 Å². The Morgan fingerprint density at radius 3 is 2.42 bits per heavy atom. The Bertz CT molecular complexity index is 1360. The first-order valence-electron chi connectivity index (χ1n) is 11.1. The van der Waals surface area contributed by atoms with Gasteiger partial charge in [-0.2, -0.15) is 0 Å². The molecule has 3 aromatic carbocycles. The zero-order valence-corrected chi connectivity index (χ0v) is 21.2. The van der Waals surface area contributed by atoms with E-state index in [1.165, 1.54) is 11.3 Å². The van der Waals surface area contributed by atoms with E-state index in [1.807, 2.05) is 47.8 Å². The SMILES string of the molecule is COc1ccc(-c2csc(NC(=O)C[C@@H](NC(=O)c3ccccc3Cl)c3ccccc3)n2)cc1OC. The van der Waals surface area contributed by atoms with Gasteiger partial charge >= 0.3 is 0 Å². The summed E-state index contributed by atoms with van der Waals surface area (Å²) in [5.74, 6) is 0.577. The molecule has 0 spiro atoms. The number of carbonyl (C=O) groups excluding carboxylic acids is 2. The Kier molecular flexibility index (Phi) is 8.20. The zero-order valence-electron chi connectivity index (χ0n) is 19.7. The summed E-state index contributed by atoms with van der Waals surface area (Å²) in [6.07, 6.45) is 0.0193. The van der Waals surface area contributed by atoms with E-state index >= 15 is 0 Å². The summed E-state index contributed by atoms with van der Waals surface area (Å²) in [6.45, 7) is 0. The normalized spacial score (nSPS) is 11.4. The first kappa shape index (κ1) is 25.2. The van der Waals surface area contributed by atoms with Gasteiger partial charge in [-0.15, -0.1) is 11.3 Å². The van der Waals surface area contributed by atoms with Crippen LogP contribution in [0.2, 0.25) is 5.02 Å². The predicted molar refractivity (Wildman–Crippen MR) is 142 cm³/mol. The molecule has 0 aliphatic carbocycles. The standard InChI is InChI=1S/C27H24ClN3O4S/c1-34-23-13-12-18(14-24(23)35-2)22-16-36-27(30-22)31-25(32)15-21(17-8-4-3-5-9-17)29-26(33)19-10-6-7-11-20(19)28/h3-14,16,21H,15H2,1-2H3,(H,29,33)(H,30,31,32)/t21-/m1/s1. The fourth-order valence-electron chi connectivity index (χ4n) is 3.63. The van der Waals surface area contributed by atoms with E-state index in [0.717, 1.165) is 11.1 Å². The molecule has 184 valence electrons. The van der Waals surface area contributed by atoms with E-state index in [0.29, 0.717) is 32.9 Å². The second-order valence-corrected chi connectivity index (χ2v) is 9.04. The number of halogens is 1. The number of benzene rings is 3. The molecule has 1 atom stereocenters. The summed E-state index contributed by atoms with van der Waals surface area (Å²) in [6, 6.07) is 21.1. The molecule has 0 saturated carbocycles. The fraction of sp³-hybridized carbons (Fsp3) is 0.148. The molecule has 0 aliphatic heterocycles. The smallest absolute Gasteiger partial charge is 0.253 e. The number of hydrogen-bond acceptors (Lipinski definition) is 6. The van der Waals surface area contributed by atoms with Gasteiger partial charge in [0.15, 0.2) is 16.6 Å². The van der Waals surface area contributed by atoms with E-state index in [2.05, 4.69) is 15.6 Å². The number of rotatable bonds is 9. The van der Waals surface area contributed by atoms with Crippen LogP contribution in [-0.2, 0) is 4.79 Å². The number of aromatic nitrogens is 1. The van der Waals surface area contributed by atoms with Crippen molar-refractivity contribution in [2.24, 2.45) is 0 Å². The fourth-order valence-corrected chi connectivity index (χ4v) is 4.59. The van der Waals surface area contributed by atoms with E-state index in [9.17, 15) is 9.59 Å². The Labute approximate surface area is 218 Å². The number of nitrogens with zero attached hydrogens (tertiary/aromatic N) is 1. The van der Waals surface area contributed by atoms with E-state index < -0.39 is 6.04 Å². The molecular formula is C27H24ClN3O4S. The Hall–Kier alpha value is -3.88. The summed E-state index contributed by atoms with van der Waals surface area (Å²) in [4.78, 5) is 30.4. The van der Waals surface area contributed by atoms with Crippen LogP contribution in [0.15, 0.2) is 78.2 Å². The Morgan fingerprint density at radius 1 is 0.972 bits per heavy atom. The van der Waals surface area contributed by atoms with Gasteiger partial charge in [-0.05, 0) is 35.9 Å². The van der Waals surface area contributed by atoms with Gasteiger partial charge in [0.2, 0.25) is 5.91 Å². The third-order valence-electron chi connectivity index (χ3n) is 5.45. The third-order valence-corrected chi connectivity index (χ3v) is 6.53. The molecule has 4 rings (SSSR count). The second kappa shape index (κ2) is 11.7. The lowest BCUT2D eigenvalue weighted by atomic mass is 10.0. The molecule has 9 heteroatoms. The highest BCUT2D eigenvalue weighted by molar-refractivity contribution is 7.14. The van der Waals surface area contributed by atoms with Gasteiger partial charge in [-0.25, -0.2) is 4.98 Å². The van der Waals surface area contributed by atoms with Gasteiger partial charge in [-0.1, -0.05) is 54.1 Å². The maximum Gasteiger partial charge on any atom is 0.253 e. The molecule has 7 nitrogen and oxygen atoms in total. The van der Waals surface area contributed by atoms with Gasteiger partial charge < -0.3 is 20.1 Å². The van der Waals surface area contributed by atoms with Crippen molar-refractivity contribution in [3.05, 3.63) is 94.3 Å². The van der Waals surface area contributed by atoms with Gasteiger partial charge in [0.1, 0.15) is 0 Å². The van der Waals surface area contributed by atoms with E-state index in [4.69, 9.17) is 21.1 Å². The summed E-state index contributed by atoms with van der Waals surface area (Å²) < 4.78 is 10.6. The van der Waals surface area contributed by atoms with Gasteiger partial charge in [0.25, 0.3) is 5.91 Å². The molecule has 1 aromatic heterocycles. The van der Waals surface area contributed by atoms with Crippen LogP contribution in [0.5, 0.6) is 11.5 Å². The van der Waals surface area contributed by atoms with Crippen LogP contribution in [0.4, 0.5) is 5.13 Å². The van der Waals surface area contributed by atoms with Crippen LogP contribution < -0.4 is 20.1 Å². The zero-order chi connectivity index (χ0) is 25.5. The quantitative estimate of drug-likeness (QED) is 0.283. The van der Waals surface area contributed by atoms with Gasteiger partial charge in [-0.3, -0.25) is 9.59 Å². The van der Waals surface area contributed by atoms with Crippen molar-refractivity contribution in [2.45, 2.75) is 12.5 Å². The molecule has 0 saturated heterocycles. The first-order valence-corrected chi connectivity index (χ1v) is 12.3. The average Bonchev–Trinajstić information content (AvgIpc) is 3.36. The van der Waals surface area contributed by atoms with Crippen LogP contribution in [0.25, 0.3) is 11.3 Å². The minimum atomic E-state index is -0.555. The van der Waals surface area contributed by atoms with Gasteiger partial charge in [0, 0.05) is 10.9 Å². The number of carbonyl (C=O) groups is 2. The minimum absolute atomic E-state index is 0.0193. The molecule has 4 aromatic rings. The molecular weight excluding hydrogens is 498 g/mol. The van der Waals surface area contributed by atoms with Crippen LogP contribution in [-0.4, -0.2) is 31.0 Å². The van der Waals surface area contributed by atoms with Crippen molar-refractivity contribution in [1.82, 2.24) is 10.3 Å². The number of methoxy groups -OCH3 is 2. The molecule has 2 N–H and O–H groups in total. The molecule has 0 aliphatic rings. The number of hydrogen-bond donors (Lipinski definition) is 2. The van der Waals surface area contributed by atoms with Crippen molar-refractivity contribution in [3.63, 3.8) is 0 Å². The lowest BCUT2D eigenvalue weighted by molar-refractivity contribution is -0.116. The second-order valence-electron chi connectivity index (χ2n) is 7.78. The maximum absolute atomic E-state index is 13.0. The number of nitrogens with one attached hydrogen (secondary N) is 2. The Morgan fingerprint density at radius 2 is 1.69 bits per heavy atom. The molecule has 0 unspecified atom stereocenters. The highest BCUT2D eigenvalue weighted by Crippen LogP contribution is 2.33. The van der Waals surface area contributed by atoms with Crippen molar-refractivity contribution in [1.29, 1.82) is 0 Å². The number of ether oxygens (including phenoxy) is 2. The Balaban J connectivity index is 1.48. The monoisotopic (exact) mass is 521 g/mol. The van der Waals surface area contributed by atoms with Gasteiger partial charge in [0.05, 0.1) is 43.0 Å². The summed E-state index contributed by atoms with van der Waals surface area (Å²) in [7, 11) is 3.15. The van der Waals surface area contributed by atoms with E-state index in [-0.39, 0.29) is 18.2 Å². The van der Waals surface area contributed by atoms with Crippen molar-refractivity contribution in [3.8, 4) is 22.8 Å². The van der Waals surface area contributed by atoms with Crippen molar-refractivity contribution in [2.75, 3.05) is 19.5 Å². The van der Waals surface area contributed by atoms with Crippen LogP contribution in [0, 0.1) is 0 Å². The summed E-state index contributed by atoms with van der Waals surface area (Å²) in [5.41, 5.74) is 2.68. The number of amides is 2. The molecule has 2 amide bonds. The maximum atomic E-state index is 13.0. The molecule has 36 heavy (non-hydrogen) atoms. The summed E-state index contributed by atoms with van der Waals surface area (Å²) >= 11 is 7.50. The topological polar surface area (TPSA) is 89.6 Å². The number of thiazole rings is 1. The highest BCUT2D eigenvalue weighted by Gasteiger charge is 2.21. The largest absolute Gasteiger partial charge is 0.493 e. The third kappa shape index (κ3) is 6.02. The molecule has 0 fully saturated rings. The predicted octanol–water partition coefficient (Wildman–Crippen LogP) is 5.98. The highest BCUT2D eigenvalue weighted by atomic mass is 35.5. The van der Waals surface area contributed by atoms with Crippen molar-refractivity contribution < 1.29 is 19.1 Å². The minimum Gasteiger partial charge on any atom is -0.493 e.